The summed E-state index contributed by atoms with van der Waals surface area (Å²) in [5.41, 5.74) is 1.83. The maximum atomic E-state index is 12.0. The van der Waals surface area contributed by atoms with Crippen molar-refractivity contribution in [3.8, 4) is 11.3 Å². The number of hydrogen-bond acceptors (Lipinski definition) is 3. The summed E-state index contributed by atoms with van der Waals surface area (Å²) < 4.78 is 10.8. The Bertz CT molecular complexity index is 790. The second-order valence-corrected chi connectivity index (χ2v) is 5.30. The fourth-order valence-electron chi connectivity index (χ4n) is 2.03. The van der Waals surface area contributed by atoms with Gasteiger partial charge in [-0.15, -0.1) is 0 Å². The van der Waals surface area contributed by atoms with Gasteiger partial charge in [-0.2, -0.15) is 0 Å². The quantitative estimate of drug-likeness (QED) is 0.774. The summed E-state index contributed by atoms with van der Waals surface area (Å²) in [6.07, 6.45) is 1.56. The van der Waals surface area contributed by atoms with Gasteiger partial charge in [-0.25, -0.2) is 0 Å². The van der Waals surface area contributed by atoms with Crippen LogP contribution in [0.25, 0.3) is 11.3 Å². The molecule has 0 saturated heterocycles. The van der Waals surface area contributed by atoms with Crippen molar-refractivity contribution in [1.82, 2.24) is 5.32 Å². The van der Waals surface area contributed by atoms with E-state index in [2.05, 4.69) is 5.32 Å². The van der Waals surface area contributed by atoms with Crippen LogP contribution in [0.4, 0.5) is 0 Å². The topological polar surface area (TPSA) is 55.4 Å². The second kappa shape index (κ2) is 6.12. The Morgan fingerprint density at radius 3 is 2.82 bits per heavy atom. The zero-order valence-corrected chi connectivity index (χ0v) is 12.7. The van der Waals surface area contributed by atoms with Crippen LogP contribution in [0.1, 0.15) is 21.9 Å². The first kappa shape index (κ1) is 14.5. The Balaban J connectivity index is 1.72. The van der Waals surface area contributed by atoms with Gasteiger partial charge < -0.3 is 14.2 Å². The molecule has 0 aliphatic rings. The maximum Gasteiger partial charge on any atom is 0.287 e. The van der Waals surface area contributed by atoms with Crippen molar-refractivity contribution in [3.05, 3.63) is 70.8 Å². The molecule has 0 aliphatic heterocycles. The summed E-state index contributed by atoms with van der Waals surface area (Å²) in [5.74, 6) is 1.25. The Morgan fingerprint density at radius 1 is 1.23 bits per heavy atom. The van der Waals surface area contributed by atoms with E-state index >= 15 is 0 Å². The molecule has 0 spiro atoms. The zero-order chi connectivity index (χ0) is 15.5. The first-order valence-electron chi connectivity index (χ1n) is 6.80. The van der Waals surface area contributed by atoms with Crippen molar-refractivity contribution < 1.29 is 13.6 Å². The molecule has 0 saturated carbocycles. The van der Waals surface area contributed by atoms with Crippen LogP contribution in [0.2, 0.25) is 5.02 Å². The molecule has 0 bridgehead atoms. The van der Waals surface area contributed by atoms with E-state index in [0.29, 0.717) is 23.1 Å². The van der Waals surface area contributed by atoms with Gasteiger partial charge in [-0.05, 0) is 42.8 Å². The smallest absolute Gasteiger partial charge is 0.287 e. The lowest BCUT2D eigenvalue weighted by molar-refractivity contribution is 0.0921. The molecule has 22 heavy (non-hydrogen) atoms. The number of halogens is 1. The van der Waals surface area contributed by atoms with Gasteiger partial charge in [0.15, 0.2) is 5.76 Å². The van der Waals surface area contributed by atoms with E-state index in [1.807, 2.05) is 25.1 Å². The van der Waals surface area contributed by atoms with E-state index in [4.69, 9.17) is 20.4 Å². The molecule has 2 aromatic heterocycles. The number of carbonyl (C=O) groups is 1. The van der Waals surface area contributed by atoms with Crippen LogP contribution >= 0.6 is 11.6 Å². The highest BCUT2D eigenvalue weighted by Gasteiger charge is 2.13. The summed E-state index contributed by atoms with van der Waals surface area (Å²) >= 11 is 6.11. The van der Waals surface area contributed by atoms with Crippen LogP contribution < -0.4 is 5.32 Å². The lowest BCUT2D eigenvalue weighted by Crippen LogP contribution is -2.21. The van der Waals surface area contributed by atoms with Gasteiger partial charge in [0, 0.05) is 10.6 Å². The van der Waals surface area contributed by atoms with Gasteiger partial charge in [0.1, 0.15) is 11.5 Å². The highest BCUT2D eigenvalue weighted by Crippen LogP contribution is 2.26. The predicted octanol–water partition coefficient (Wildman–Crippen LogP) is 4.43. The molecular formula is C17H14ClNO3. The largest absolute Gasteiger partial charge is 0.467 e. The molecule has 0 unspecified atom stereocenters. The van der Waals surface area contributed by atoms with E-state index in [-0.39, 0.29) is 11.7 Å². The fourth-order valence-corrected chi connectivity index (χ4v) is 2.21. The average molecular weight is 316 g/mol. The first-order valence-corrected chi connectivity index (χ1v) is 7.18. The Hall–Kier alpha value is -2.46. The predicted molar refractivity (Wildman–Crippen MR) is 83.8 cm³/mol. The lowest BCUT2D eigenvalue weighted by atomic mass is 10.1. The monoisotopic (exact) mass is 315 g/mol. The van der Waals surface area contributed by atoms with Crippen molar-refractivity contribution in [2.24, 2.45) is 0 Å². The number of hydrogen-bond donors (Lipinski definition) is 1. The van der Waals surface area contributed by atoms with Gasteiger partial charge in [-0.3, -0.25) is 4.79 Å². The van der Waals surface area contributed by atoms with E-state index in [0.717, 1.165) is 11.1 Å². The summed E-state index contributed by atoms with van der Waals surface area (Å²) in [6, 6.07) is 12.6. The summed E-state index contributed by atoms with van der Waals surface area (Å²) in [5, 5.41) is 3.40. The number of amides is 1. The third-order valence-electron chi connectivity index (χ3n) is 3.29. The van der Waals surface area contributed by atoms with Crippen LogP contribution in [0.15, 0.2) is 57.6 Å². The molecule has 0 aliphatic carbocycles. The van der Waals surface area contributed by atoms with Crippen molar-refractivity contribution in [2.45, 2.75) is 13.5 Å². The van der Waals surface area contributed by atoms with Gasteiger partial charge in [0.2, 0.25) is 0 Å². The molecule has 112 valence electrons. The van der Waals surface area contributed by atoms with E-state index in [9.17, 15) is 4.79 Å². The van der Waals surface area contributed by atoms with Gasteiger partial charge in [0.25, 0.3) is 5.91 Å². The molecule has 5 heteroatoms. The minimum atomic E-state index is -0.291. The van der Waals surface area contributed by atoms with Crippen LogP contribution in [0, 0.1) is 6.92 Å². The fraction of sp³-hybridized carbons (Fsp3) is 0.118. The molecule has 4 nitrogen and oxygen atoms in total. The maximum absolute atomic E-state index is 12.0. The number of benzene rings is 1. The van der Waals surface area contributed by atoms with E-state index in [1.54, 1.807) is 30.5 Å². The third-order valence-corrected chi connectivity index (χ3v) is 3.70. The molecule has 0 radical (unpaired) electrons. The Kier molecular flexibility index (Phi) is 4.02. The highest BCUT2D eigenvalue weighted by molar-refractivity contribution is 6.31. The molecule has 3 rings (SSSR count). The zero-order valence-electron chi connectivity index (χ0n) is 11.9. The van der Waals surface area contributed by atoms with Crippen molar-refractivity contribution in [1.29, 1.82) is 0 Å². The number of nitrogens with one attached hydrogen (secondary N) is 1. The molecular weight excluding hydrogens is 302 g/mol. The highest BCUT2D eigenvalue weighted by atomic mass is 35.5. The number of carbonyl (C=O) groups excluding carboxylic acids is 1. The molecule has 0 fully saturated rings. The van der Waals surface area contributed by atoms with Crippen LogP contribution in [0.5, 0.6) is 0 Å². The van der Waals surface area contributed by atoms with Crippen molar-refractivity contribution in [3.63, 3.8) is 0 Å². The molecule has 0 atom stereocenters. The Morgan fingerprint density at radius 2 is 2.09 bits per heavy atom. The molecule has 1 N–H and O–H groups in total. The minimum absolute atomic E-state index is 0.248. The van der Waals surface area contributed by atoms with E-state index in [1.165, 1.54) is 0 Å². The third kappa shape index (κ3) is 3.07. The van der Waals surface area contributed by atoms with E-state index < -0.39 is 0 Å². The van der Waals surface area contributed by atoms with Crippen molar-refractivity contribution >= 4 is 17.5 Å². The summed E-state index contributed by atoms with van der Waals surface area (Å²) in [6.45, 7) is 2.25. The van der Waals surface area contributed by atoms with Crippen LogP contribution in [-0.2, 0) is 6.54 Å². The van der Waals surface area contributed by atoms with Crippen LogP contribution in [0.3, 0.4) is 0 Å². The molecule has 1 aromatic carbocycles. The summed E-state index contributed by atoms with van der Waals surface area (Å²) in [7, 11) is 0. The Labute approximate surface area is 132 Å². The molecule has 2 heterocycles. The average Bonchev–Trinajstić information content (AvgIpc) is 3.18. The number of furan rings is 2. The minimum Gasteiger partial charge on any atom is -0.467 e. The van der Waals surface area contributed by atoms with Crippen LogP contribution in [-0.4, -0.2) is 5.91 Å². The molecule has 3 aromatic rings. The van der Waals surface area contributed by atoms with Crippen molar-refractivity contribution in [2.75, 3.05) is 0 Å². The normalized spacial score (nSPS) is 10.6. The first-order chi connectivity index (χ1) is 10.6. The summed E-state index contributed by atoms with van der Waals surface area (Å²) in [4.78, 5) is 12.0. The molecule has 1 amide bonds. The van der Waals surface area contributed by atoms with Gasteiger partial charge >= 0.3 is 0 Å². The SMILES string of the molecule is Cc1ccc(-c2ccc(C(=O)NCc3ccco3)o2)cc1Cl. The van der Waals surface area contributed by atoms with Gasteiger partial charge in [-0.1, -0.05) is 23.7 Å². The number of rotatable bonds is 4. The standard InChI is InChI=1S/C17H14ClNO3/c1-11-4-5-12(9-14(11)18)15-6-7-16(22-15)17(20)19-10-13-3-2-8-21-13/h2-9H,10H2,1H3,(H,19,20). The lowest BCUT2D eigenvalue weighted by Gasteiger charge is -2.02. The number of aryl methyl sites for hydroxylation is 1. The van der Waals surface area contributed by atoms with Gasteiger partial charge in [0.05, 0.1) is 12.8 Å². The second-order valence-electron chi connectivity index (χ2n) is 4.89.